The van der Waals surface area contributed by atoms with Gasteiger partial charge < -0.3 is 10.2 Å². The molecule has 2 N–H and O–H groups in total. The number of hydrogen-bond acceptors (Lipinski definition) is 2. The van der Waals surface area contributed by atoms with Gasteiger partial charge in [-0.2, -0.15) is 13.2 Å². The van der Waals surface area contributed by atoms with Crippen molar-refractivity contribution in [1.82, 2.24) is 0 Å². The maximum absolute atomic E-state index is 12.2. The van der Waals surface area contributed by atoms with Gasteiger partial charge in [-0.15, -0.1) is 0 Å². The van der Waals surface area contributed by atoms with E-state index in [9.17, 15) is 13.2 Å². The van der Waals surface area contributed by atoms with Gasteiger partial charge in [0.2, 0.25) is 0 Å². The van der Waals surface area contributed by atoms with Crippen LogP contribution < -0.4 is 0 Å². The maximum atomic E-state index is 12.2. The Hall–Kier alpha value is -1.85. The molecule has 0 fully saturated rings. The van der Waals surface area contributed by atoms with E-state index >= 15 is 0 Å². The third kappa shape index (κ3) is 6.88. The van der Waals surface area contributed by atoms with Crippen molar-refractivity contribution in [3.8, 4) is 0 Å². The van der Waals surface area contributed by atoms with E-state index in [1.165, 1.54) is 12.5 Å². The van der Waals surface area contributed by atoms with Crippen LogP contribution in [-0.4, -0.2) is 22.5 Å². The van der Waals surface area contributed by atoms with Crippen LogP contribution in [0, 0.1) is 13.8 Å². The normalized spacial score (nSPS) is 14.9. The van der Waals surface area contributed by atoms with Crippen molar-refractivity contribution < 1.29 is 23.4 Å². The summed E-state index contributed by atoms with van der Waals surface area (Å²) < 4.78 is 36.6. The van der Waals surface area contributed by atoms with Crippen LogP contribution in [0.15, 0.2) is 48.5 Å². The predicted molar refractivity (Wildman–Crippen MR) is 93.5 cm³/mol. The van der Waals surface area contributed by atoms with Crippen molar-refractivity contribution in [3.63, 3.8) is 0 Å². The van der Waals surface area contributed by atoms with Crippen LogP contribution in [0.3, 0.4) is 0 Å². The van der Waals surface area contributed by atoms with Crippen molar-refractivity contribution in [1.29, 1.82) is 0 Å². The predicted octanol–water partition coefficient (Wildman–Crippen LogP) is 5.07. The van der Waals surface area contributed by atoms with E-state index in [2.05, 4.69) is 0 Å². The number of aliphatic hydroxyl groups excluding tert-OH is 2. The number of rotatable bonds is 3. The van der Waals surface area contributed by atoms with Gasteiger partial charge >= 0.3 is 6.18 Å². The molecule has 2 aromatic carbocycles. The molecule has 0 spiro atoms. The SMILES string of the molecule is Cc1ccc(C(C)C(O)C(F)(F)F)cc1.Cc1ccc(C(C)O)cc1. The average Bonchev–Trinajstić information content (AvgIpc) is 2.54. The molecular formula is C20H25F3O2. The first-order valence-corrected chi connectivity index (χ1v) is 8.08. The van der Waals surface area contributed by atoms with Crippen molar-refractivity contribution in [3.05, 3.63) is 70.8 Å². The Labute approximate surface area is 146 Å². The molecule has 0 saturated heterocycles. The fraction of sp³-hybridized carbons (Fsp3) is 0.400. The minimum absolute atomic E-state index is 0.347. The smallest absolute Gasteiger partial charge is 0.389 e. The number of benzene rings is 2. The van der Waals surface area contributed by atoms with Gasteiger partial charge in [-0.05, 0) is 31.9 Å². The topological polar surface area (TPSA) is 40.5 Å². The summed E-state index contributed by atoms with van der Waals surface area (Å²) in [5.41, 5.74) is 3.67. The molecule has 25 heavy (non-hydrogen) atoms. The van der Waals surface area contributed by atoms with Gasteiger partial charge in [0.15, 0.2) is 6.10 Å². The maximum Gasteiger partial charge on any atom is 0.414 e. The van der Waals surface area contributed by atoms with E-state index in [0.717, 1.165) is 11.1 Å². The van der Waals surface area contributed by atoms with Crippen LogP contribution in [0.25, 0.3) is 0 Å². The summed E-state index contributed by atoms with van der Waals surface area (Å²) in [6, 6.07) is 14.6. The van der Waals surface area contributed by atoms with Gasteiger partial charge in [0, 0.05) is 5.92 Å². The Bertz CT molecular complexity index is 631. The second kappa shape index (κ2) is 9.02. The Morgan fingerprint density at radius 1 is 0.720 bits per heavy atom. The first-order valence-electron chi connectivity index (χ1n) is 8.08. The van der Waals surface area contributed by atoms with E-state index in [1.54, 1.807) is 31.2 Å². The van der Waals surface area contributed by atoms with Gasteiger partial charge in [0.1, 0.15) is 0 Å². The first kappa shape index (κ1) is 21.2. The standard InChI is InChI=1S/C11H13F3O.C9H12O/c1-7-3-5-9(6-4-7)8(2)10(15)11(12,13)14;1-7-3-5-9(6-4-7)8(2)10/h3-6,8,10,15H,1-2H3;3-6,8,10H,1-2H3. The van der Waals surface area contributed by atoms with E-state index < -0.39 is 18.2 Å². The second-order valence-corrected chi connectivity index (χ2v) is 6.27. The molecule has 2 aromatic rings. The summed E-state index contributed by atoms with van der Waals surface area (Å²) in [6.45, 7) is 7.02. The molecule has 0 heterocycles. The summed E-state index contributed by atoms with van der Waals surface area (Å²) in [4.78, 5) is 0. The molecule has 0 aliphatic rings. The summed E-state index contributed by atoms with van der Waals surface area (Å²) in [5, 5.41) is 18.2. The molecule has 3 atom stereocenters. The largest absolute Gasteiger partial charge is 0.414 e. The minimum atomic E-state index is -4.57. The lowest BCUT2D eigenvalue weighted by molar-refractivity contribution is -0.209. The number of halogens is 3. The van der Waals surface area contributed by atoms with Gasteiger partial charge in [-0.25, -0.2) is 0 Å². The quantitative estimate of drug-likeness (QED) is 0.808. The van der Waals surface area contributed by atoms with Crippen LogP contribution in [-0.2, 0) is 0 Å². The first-order chi connectivity index (χ1) is 11.5. The van der Waals surface area contributed by atoms with Crippen LogP contribution in [0.5, 0.6) is 0 Å². The fourth-order valence-corrected chi connectivity index (χ4v) is 2.18. The van der Waals surface area contributed by atoms with Crippen molar-refractivity contribution in [2.24, 2.45) is 0 Å². The Morgan fingerprint density at radius 3 is 1.40 bits per heavy atom. The Balaban J connectivity index is 0.000000271. The number of hydrogen-bond donors (Lipinski definition) is 2. The van der Waals surface area contributed by atoms with Crippen molar-refractivity contribution in [2.45, 2.75) is 52.0 Å². The zero-order valence-corrected chi connectivity index (χ0v) is 14.9. The molecule has 3 unspecified atom stereocenters. The number of aryl methyl sites for hydroxylation is 2. The Morgan fingerprint density at radius 2 is 1.08 bits per heavy atom. The second-order valence-electron chi connectivity index (χ2n) is 6.27. The summed E-state index contributed by atoms with van der Waals surface area (Å²) >= 11 is 0. The molecule has 0 aliphatic heterocycles. The molecule has 5 heteroatoms. The highest BCUT2D eigenvalue weighted by atomic mass is 19.4. The minimum Gasteiger partial charge on any atom is -0.389 e. The zero-order chi connectivity index (χ0) is 19.2. The molecule has 0 saturated carbocycles. The molecule has 0 aromatic heterocycles. The lowest BCUT2D eigenvalue weighted by atomic mass is 9.94. The molecule has 138 valence electrons. The van der Waals surface area contributed by atoms with Crippen LogP contribution in [0.4, 0.5) is 13.2 Å². The molecule has 0 radical (unpaired) electrons. The molecule has 0 aliphatic carbocycles. The van der Waals surface area contributed by atoms with E-state index in [0.29, 0.717) is 5.56 Å². The summed E-state index contributed by atoms with van der Waals surface area (Å²) in [5.74, 6) is -0.939. The summed E-state index contributed by atoms with van der Waals surface area (Å²) in [7, 11) is 0. The highest BCUT2D eigenvalue weighted by Crippen LogP contribution is 2.31. The van der Waals surface area contributed by atoms with Gasteiger partial charge in [0.05, 0.1) is 6.10 Å². The lowest BCUT2D eigenvalue weighted by Gasteiger charge is -2.21. The monoisotopic (exact) mass is 354 g/mol. The van der Waals surface area contributed by atoms with Crippen LogP contribution in [0.2, 0.25) is 0 Å². The Kier molecular flexibility index (Phi) is 7.64. The van der Waals surface area contributed by atoms with Crippen LogP contribution >= 0.6 is 0 Å². The zero-order valence-electron chi connectivity index (χ0n) is 14.9. The highest BCUT2D eigenvalue weighted by Gasteiger charge is 2.42. The third-order valence-electron chi connectivity index (χ3n) is 3.97. The van der Waals surface area contributed by atoms with E-state index in [1.807, 2.05) is 38.1 Å². The number of alkyl halides is 3. The number of aliphatic hydroxyl groups is 2. The fourth-order valence-electron chi connectivity index (χ4n) is 2.18. The van der Waals surface area contributed by atoms with E-state index in [4.69, 9.17) is 10.2 Å². The highest BCUT2D eigenvalue weighted by molar-refractivity contribution is 5.25. The molecule has 0 bridgehead atoms. The van der Waals surface area contributed by atoms with Crippen molar-refractivity contribution in [2.75, 3.05) is 0 Å². The summed E-state index contributed by atoms with van der Waals surface area (Å²) in [6.07, 6.45) is -7.22. The molecule has 2 nitrogen and oxygen atoms in total. The van der Waals surface area contributed by atoms with Gasteiger partial charge in [0.25, 0.3) is 0 Å². The third-order valence-corrected chi connectivity index (χ3v) is 3.97. The van der Waals surface area contributed by atoms with Gasteiger partial charge in [-0.1, -0.05) is 66.6 Å². The van der Waals surface area contributed by atoms with E-state index in [-0.39, 0.29) is 6.10 Å². The van der Waals surface area contributed by atoms with Crippen molar-refractivity contribution >= 4 is 0 Å². The average molecular weight is 354 g/mol. The lowest BCUT2D eigenvalue weighted by Crippen LogP contribution is -2.33. The van der Waals surface area contributed by atoms with Gasteiger partial charge in [-0.3, -0.25) is 0 Å². The molecule has 2 rings (SSSR count). The molecular weight excluding hydrogens is 329 g/mol. The molecule has 0 amide bonds. The van der Waals surface area contributed by atoms with Crippen LogP contribution in [0.1, 0.15) is 48.1 Å².